The van der Waals surface area contributed by atoms with E-state index in [2.05, 4.69) is 4.72 Å². The van der Waals surface area contributed by atoms with Gasteiger partial charge in [0.05, 0.1) is 28.4 Å². The molecule has 0 aliphatic heterocycles. The maximum atomic E-state index is 12.4. The molecule has 0 amide bonds. The Morgan fingerprint density at radius 2 is 1.95 bits per heavy atom. The van der Waals surface area contributed by atoms with Crippen LogP contribution < -0.4 is 15.2 Å². The van der Waals surface area contributed by atoms with Gasteiger partial charge in [0.15, 0.2) is 0 Å². The van der Waals surface area contributed by atoms with Gasteiger partial charge in [-0.1, -0.05) is 23.7 Å². The van der Waals surface area contributed by atoms with Gasteiger partial charge < -0.3 is 10.5 Å². The Balaban J connectivity index is 2.44. The number of rotatable bonds is 4. The fourth-order valence-electron chi connectivity index (χ4n) is 1.81. The molecule has 0 aliphatic carbocycles. The van der Waals surface area contributed by atoms with Gasteiger partial charge >= 0.3 is 0 Å². The number of ether oxygens (including phenoxy) is 1. The number of hydrogen-bond donors (Lipinski definition) is 2. The number of nitrogens with two attached hydrogens (primary N) is 1. The smallest absolute Gasteiger partial charge is 0.262 e. The van der Waals surface area contributed by atoms with Crippen LogP contribution in [0.3, 0.4) is 0 Å². The summed E-state index contributed by atoms with van der Waals surface area (Å²) in [7, 11) is -2.35. The van der Waals surface area contributed by atoms with Crippen LogP contribution in [0.5, 0.6) is 5.75 Å². The molecule has 0 fully saturated rings. The van der Waals surface area contributed by atoms with E-state index >= 15 is 0 Å². The number of benzene rings is 2. The van der Waals surface area contributed by atoms with Gasteiger partial charge in [-0.3, -0.25) is 4.72 Å². The third-order valence-corrected chi connectivity index (χ3v) is 4.64. The molecule has 0 atom stereocenters. The first-order valence-electron chi connectivity index (χ1n) is 6.06. The Morgan fingerprint density at radius 3 is 2.57 bits per heavy atom. The number of anilines is 2. The van der Waals surface area contributed by atoms with Crippen LogP contribution in [0.15, 0.2) is 41.3 Å². The Labute approximate surface area is 128 Å². The fraction of sp³-hybridized carbons (Fsp3) is 0.143. The van der Waals surface area contributed by atoms with Crippen LogP contribution >= 0.6 is 11.6 Å². The van der Waals surface area contributed by atoms with E-state index in [0.29, 0.717) is 22.1 Å². The van der Waals surface area contributed by atoms with Crippen molar-refractivity contribution in [2.45, 2.75) is 11.8 Å². The molecule has 5 nitrogen and oxygen atoms in total. The Bertz CT molecular complexity index is 756. The molecule has 21 heavy (non-hydrogen) atoms. The number of hydrogen-bond acceptors (Lipinski definition) is 4. The number of halogens is 1. The van der Waals surface area contributed by atoms with E-state index in [4.69, 9.17) is 22.1 Å². The molecular weight excluding hydrogens is 312 g/mol. The summed E-state index contributed by atoms with van der Waals surface area (Å²) in [4.78, 5) is 0.0490. The molecule has 2 rings (SSSR count). The predicted octanol–water partition coefficient (Wildman–Crippen LogP) is 3.04. The zero-order valence-corrected chi connectivity index (χ0v) is 13.1. The minimum atomic E-state index is -3.78. The van der Waals surface area contributed by atoms with E-state index in [1.165, 1.54) is 25.3 Å². The van der Waals surface area contributed by atoms with E-state index in [1.54, 1.807) is 25.1 Å². The number of para-hydroxylation sites is 1. The molecule has 0 radical (unpaired) electrons. The average molecular weight is 327 g/mol. The van der Waals surface area contributed by atoms with Gasteiger partial charge in [0.2, 0.25) is 0 Å². The van der Waals surface area contributed by atoms with E-state index in [9.17, 15) is 8.42 Å². The third-order valence-electron chi connectivity index (χ3n) is 2.97. The van der Waals surface area contributed by atoms with Crippen LogP contribution in [0.25, 0.3) is 0 Å². The topological polar surface area (TPSA) is 81.4 Å². The summed E-state index contributed by atoms with van der Waals surface area (Å²) < 4.78 is 32.4. The van der Waals surface area contributed by atoms with Crippen molar-refractivity contribution in [3.8, 4) is 5.75 Å². The normalized spacial score (nSPS) is 11.2. The second-order valence-corrected chi connectivity index (χ2v) is 6.53. The van der Waals surface area contributed by atoms with E-state index in [-0.39, 0.29) is 4.90 Å². The van der Waals surface area contributed by atoms with E-state index in [1.807, 2.05) is 0 Å². The van der Waals surface area contributed by atoms with Gasteiger partial charge in [-0.15, -0.1) is 0 Å². The standard InChI is InChI=1S/C14H15ClN2O3S/c1-9-4-3-5-11(15)14(9)17-21(18,19)10-6-7-12(16)13(8-10)20-2/h3-8,17H,16H2,1-2H3. The first-order chi connectivity index (χ1) is 9.85. The molecule has 0 bridgehead atoms. The van der Waals surface area contributed by atoms with Crippen LogP contribution in [0, 0.1) is 6.92 Å². The molecule has 112 valence electrons. The van der Waals surface area contributed by atoms with Crippen LogP contribution in [0.2, 0.25) is 5.02 Å². The van der Waals surface area contributed by atoms with Crippen molar-refractivity contribution >= 4 is 33.0 Å². The van der Waals surface area contributed by atoms with E-state index < -0.39 is 10.0 Å². The number of nitrogens with one attached hydrogen (secondary N) is 1. The van der Waals surface area contributed by atoms with Gasteiger partial charge in [-0.2, -0.15) is 0 Å². The van der Waals surface area contributed by atoms with Crippen LogP contribution in [-0.2, 0) is 10.0 Å². The minimum Gasteiger partial charge on any atom is -0.495 e. The molecule has 0 spiro atoms. The van der Waals surface area contributed by atoms with Crippen molar-refractivity contribution in [1.82, 2.24) is 0 Å². The van der Waals surface area contributed by atoms with Gasteiger partial charge in [0.1, 0.15) is 5.75 Å². The van der Waals surface area contributed by atoms with Crippen LogP contribution in [0.4, 0.5) is 11.4 Å². The number of sulfonamides is 1. The lowest BCUT2D eigenvalue weighted by atomic mass is 10.2. The Hall–Kier alpha value is -1.92. The monoisotopic (exact) mass is 326 g/mol. The molecule has 0 heterocycles. The maximum absolute atomic E-state index is 12.4. The van der Waals surface area contributed by atoms with Crippen molar-refractivity contribution < 1.29 is 13.2 Å². The van der Waals surface area contributed by atoms with Crippen molar-refractivity contribution in [1.29, 1.82) is 0 Å². The summed E-state index contributed by atoms with van der Waals surface area (Å²) >= 11 is 6.04. The molecule has 3 N–H and O–H groups in total. The van der Waals surface area contributed by atoms with Crippen molar-refractivity contribution in [3.63, 3.8) is 0 Å². The Morgan fingerprint density at radius 1 is 1.24 bits per heavy atom. The lowest BCUT2D eigenvalue weighted by molar-refractivity contribution is 0.415. The SMILES string of the molecule is COc1cc(S(=O)(=O)Nc2c(C)cccc2Cl)ccc1N. The Kier molecular flexibility index (Phi) is 4.29. The van der Waals surface area contributed by atoms with Crippen LogP contribution in [-0.4, -0.2) is 15.5 Å². The highest BCUT2D eigenvalue weighted by molar-refractivity contribution is 7.92. The van der Waals surface area contributed by atoms with Gasteiger partial charge in [-0.05, 0) is 30.7 Å². The molecule has 7 heteroatoms. The van der Waals surface area contributed by atoms with Gasteiger partial charge in [-0.25, -0.2) is 8.42 Å². The summed E-state index contributed by atoms with van der Waals surface area (Å²) in [6.45, 7) is 1.77. The fourth-order valence-corrected chi connectivity index (χ4v) is 3.31. The molecule has 0 aromatic heterocycles. The van der Waals surface area contributed by atoms with Gasteiger partial charge in [0, 0.05) is 6.07 Å². The summed E-state index contributed by atoms with van der Waals surface area (Å²) in [6.07, 6.45) is 0. The van der Waals surface area contributed by atoms with Crippen molar-refractivity contribution in [2.24, 2.45) is 0 Å². The van der Waals surface area contributed by atoms with E-state index in [0.717, 1.165) is 5.56 Å². The van der Waals surface area contributed by atoms with Gasteiger partial charge in [0.25, 0.3) is 10.0 Å². The number of aryl methyl sites for hydroxylation is 1. The maximum Gasteiger partial charge on any atom is 0.262 e. The summed E-state index contributed by atoms with van der Waals surface area (Å²) in [5, 5.41) is 0.334. The molecular formula is C14H15ClN2O3S. The molecule has 0 aliphatic rings. The lowest BCUT2D eigenvalue weighted by Gasteiger charge is -2.13. The number of nitrogen functional groups attached to an aromatic ring is 1. The minimum absolute atomic E-state index is 0.0490. The first kappa shape index (κ1) is 15.5. The summed E-state index contributed by atoms with van der Waals surface area (Å²) in [5.74, 6) is 0.300. The van der Waals surface area contributed by atoms with Crippen molar-refractivity contribution in [2.75, 3.05) is 17.6 Å². The second kappa shape index (κ2) is 5.83. The highest BCUT2D eigenvalue weighted by Crippen LogP contribution is 2.30. The molecule has 2 aromatic carbocycles. The third kappa shape index (κ3) is 3.22. The van der Waals surface area contributed by atoms with Crippen molar-refractivity contribution in [3.05, 3.63) is 47.0 Å². The average Bonchev–Trinajstić information content (AvgIpc) is 2.43. The van der Waals surface area contributed by atoms with Crippen LogP contribution in [0.1, 0.15) is 5.56 Å². The quantitative estimate of drug-likeness (QED) is 0.846. The predicted molar refractivity (Wildman–Crippen MR) is 84.4 cm³/mol. The number of methoxy groups -OCH3 is 1. The zero-order valence-electron chi connectivity index (χ0n) is 11.6. The largest absolute Gasteiger partial charge is 0.495 e. The summed E-state index contributed by atoms with van der Waals surface area (Å²) in [6, 6.07) is 9.40. The molecule has 0 unspecified atom stereocenters. The lowest BCUT2D eigenvalue weighted by Crippen LogP contribution is -2.14. The summed E-state index contributed by atoms with van der Waals surface area (Å²) in [5.41, 5.74) is 7.14. The molecule has 0 saturated heterocycles. The zero-order chi connectivity index (χ0) is 15.6. The second-order valence-electron chi connectivity index (χ2n) is 4.44. The first-order valence-corrected chi connectivity index (χ1v) is 7.92. The highest BCUT2D eigenvalue weighted by Gasteiger charge is 2.18. The molecule has 0 saturated carbocycles. The highest BCUT2D eigenvalue weighted by atomic mass is 35.5. The molecule has 2 aromatic rings.